The molecule has 27 heavy (non-hydrogen) atoms. The number of esters is 1. The van der Waals surface area contributed by atoms with Crippen molar-refractivity contribution < 1.29 is 28.5 Å². The lowest BCUT2D eigenvalue weighted by molar-refractivity contribution is -0.139. The van der Waals surface area contributed by atoms with E-state index in [1.54, 1.807) is 41.3 Å². The van der Waals surface area contributed by atoms with Gasteiger partial charge in [-0.15, -0.1) is 0 Å². The predicted octanol–water partition coefficient (Wildman–Crippen LogP) is 2.77. The molecule has 0 radical (unpaired) electrons. The van der Waals surface area contributed by atoms with Crippen molar-refractivity contribution in [2.75, 3.05) is 24.8 Å². The largest absolute Gasteiger partial charge is 0.490 e. The average molecular weight is 369 g/mol. The van der Waals surface area contributed by atoms with E-state index >= 15 is 0 Å². The quantitative estimate of drug-likeness (QED) is 0.596. The van der Waals surface area contributed by atoms with Gasteiger partial charge in [-0.2, -0.15) is 0 Å². The number of fused-ring (bicyclic) bond motifs is 1. The third-order valence-corrected chi connectivity index (χ3v) is 4.49. The van der Waals surface area contributed by atoms with Crippen molar-refractivity contribution in [2.45, 2.75) is 13.3 Å². The van der Waals surface area contributed by atoms with E-state index in [1.807, 2.05) is 13.0 Å². The molecule has 2 aliphatic rings. The van der Waals surface area contributed by atoms with Gasteiger partial charge in [-0.25, -0.2) is 0 Å². The van der Waals surface area contributed by atoms with E-state index in [9.17, 15) is 9.59 Å². The Morgan fingerprint density at radius 2 is 1.93 bits per heavy atom. The second kappa shape index (κ2) is 7.19. The molecule has 7 nitrogen and oxygen atoms in total. The van der Waals surface area contributed by atoms with Crippen LogP contribution in [0.25, 0.3) is 0 Å². The third-order valence-electron chi connectivity index (χ3n) is 4.49. The molecule has 0 aromatic heterocycles. The zero-order valence-electron chi connectivity index (χ0n) is 14.8. The van der Waals surface area contributed by atoms with Crippen molar-refractivity contribution >= 4 is 17.6 Å². The summed E-state index contributed by atoms with van der Waals surface area (Å²) in [5, 5.41) is 0. The minimum Gasteiger partial charge on any atom is -0.490 e. The average Bonchev–Trinajstić information content (AvgIpc) is 3.29. The van der Waals surface area contributed by atoms with Crippen LogP contribution in [0.2, 0.25) is 0 Å². The first-order chi connectivity index (χ1) is 13.2. The van der Waals surface area contributed by atoms with Crippen molar-refractivity contribution in [1.82, 2.24) is 0 Å². The molecule has 0 N–H and O–H groups in total. The minimum absolute atomic E-state index is 0.101. The van der Waals surface area contributed by atoms with Crippen LogP contribution in [0.3, 0.4) is 0 Å². The fraction of sp³-hybridized carbons (Fsp3) is 0.300. The van der Waals surface area contributed by atoms with E-state index in [0.717, 1.165) is 0 Å². The number of hydrogen-bond donors (Lipinski definition) is 0. The SMILES string of the molecule is CCOc1ccccc1OC(=O)C1CC(=O)N(c2ccc3c(c2)OCO3)C1. The maximum Gasteiger partial charge on any atom is 0.316 e. The van der Waals surface area contributed by atoms with Crippen LogP contribution in [0.5, 0.6) is 23.0 Å². The number of rotatable bonds is 5. The molecule has 4 rings (SSSR count). The number of para-hydroxylation sites is 2. The summed E-state index contributed by atoms with van der Waals surface area (Å²) >= 11 is 0. The maximum atomic E-state index is 12.6. The molecule has 1 saturated heterocycles. The number of nitrogens with zero attached hydrogens (tertiary/aromatic N) is 1. The van der Waals surface area contributed by atoms with Crippen LogP contribution in [-0.4, -0.2) is 31.8 Å². The van der Waals surface area contributed by atoms with E-state index < -0.39 is 11.9 Å². The number of hydrogen-bond acceptors (Lipinski definition) is 6. The molecule has 2 heterocycles. The second-order valence-electron chi connectivity index (χ2n) is 6.24. The summed E-state index contributed by atoms with van der Waals surface area (Å²) in [5.41, 5.74) is 0.675. The maximum absolute atomic E-state index is 12.6. The molecule has 1 atom stereocenters. The van der Waals surface area contributed by atoms with Crippen molar-refractivity contribution in [3.8, 4) is 23.0 Å². The Labute approximate surface area is 156 Å². The van der Waals surface area contributed by atoms with Gasteiger partial charge in [0.05, 0.1) is 12.5 Å². The monoisotopic (exact) mass is 369 g/mol. The van der Waals surface area contributed by atoms with Gasteiger partial charge >= 0.3 is 5.97 Å². The first-order valence-electron chi connectivity index (χ1n) is 8.79. The highest BCUT2D eigenvalue weighted by Gasteiger charge is 2.37. The van der Waals surface area contributed by atoms with Gasteiger partial charge in [0.25, 0.3) is 0 Å². The Balaban J connectivity index is 1.47. The molecule has 1 unspecified atom stereocenters. The van der Waals surface area contributed by atoms with Gasteiger partial charge in [0.2, 0.25) is 12.7 Å². The molecule has 2 aliphatic heterocycles. The molecular weight excluding hydrogens is 350 g/mol. The summed E-state index contributed by atoms with van der Waals surface area (Å²) in [5.74, 6) is 0.986. The lowest BCUT2D eigenvalue weighted by Gasteiger charge is -2.17. The van der Waals surface area contributed by atoms with Crippen LogP contribution in [0.1, 0.15) is 13.3 Å². The van der Waals surface area contributed by atoms with Gasteiger partial charge in [0, 0.05) is 24.7 Å². The molecule has 1 fully saturated rings. The Morgan fingerprint density at radius 3 is 2.74 bits per heavy atom. The lowest BCUT2D eigenvalue weighted by atomic mass is 10.1. The van der Waals surface area contributed by atoms with Crippen LogP contribution >= 0.6 is 0 Å². The molecule has 0 bridgehead atoms. The molecule has 0 aliphatic carbocycles. The van der Waals surface area contributed by atoms with Gasteiger partial charge in [-0.05, 0) is 31.2 Å². The first-order valence-corrected chi connectivity index (χ1v) is 8.79. The number of amides is 1. The van der Waals surface area contributed by atoms with Gasteiger partial charge in [-0.3, -0.25) is 9.59 Å². The summed E-state index contributed by atoms with van der Waals surface area (Å²) < 4.78 is 21.6. The molecule has 140 valence electrons. The Morgan fingerprint density at radius 1 is 1.15 bits per heavy atom. The second-order valence-corrected chi connectivity index (χ2v) is 6.24. The molecule has 0 saturated carbocycles. The van der Waals surface area contributed by atoms with E-state index in [2.05, 4.69) is 0 Å². The highest BCUT2D eigenvalue weighted by atomic mass is 16.7. The standard InChI is InChI=1S/C20H19NO6/c1-2-24-15-5-3-4-6-17(15)27-20(23)13-9-19(22)21(11-13)14-7-8-16-18(10-14)26-12-25-16/h3-8,10,13H,2,9,11-12H2,1H3. The van der Waals surface area contributed by atoms with Crippen LogP contribution in [0.15, 0.2) is 42.5 Å². The summed E-state index contributed by atoms with van der Waals surface area (Å²) in [7, 11) is 0. The number of benzene rings is 2. The fourth-order valence-electron chi connectivity index (χ4n) is 3.17. The Hall–Kier alpha value is -3.22. The van der Waals surface area contributed by atoms with Crippen molar-refractivity contribution in [3.05, 3.63) is 42.5 Å². The molecule has 1 amide bonds. The number of ether oxygens (including phenoxy) is 4. The van der Waals surface area contributed by atoms with Gasteiger partial charge in [0.1, 0.15) is 0 Å². The number of carbonyl (C=O) groups excluding carboxylic acids is 2. The number of carbonyl (C=O) groups is 2. The highest BCUT2D eigenvalue weighted by Crippen LogP contribution is 2.37. The number of anilines is 1. The highest BCUT2D eigenvalue weighted by molar-refractivity contribution is 6.00. The predicted molar refractivity (Wildman–Crippen MR) is 96.3 cm³/mol. The minimum atomic E-state index is -0.544. The Kier molecular flexibility index (Phi) is 4.58. The molecule has 7 heteroatoms. The Bertz CT molecular complexity index is 881. The van der Waals surface area contributed by atoms with E-state index in [1.165, 1.54) is 0 Å². The lowest BCUT2D eigenvalue weighted by Crippen LogP contribution is -2.27. The van der Waals surface area contributed by atoms with Crippen LogP contribution in [0, 0.1) is 5.92 Å². The molecule has 2 aromatic rings. The summed E-state index contributed by atoms with van der Waals surface area (Å²) in [6.07, 6.45) is 0.101. The van der Waals surface area contributed by atoms with Crippen molar-refractivity contribution in [2.24, 2.45) is 5.92 Å². The molecular formula is C20H19NO6. The molecule has 0 spiro atoms. The topological polar surface area (TPSA) is 74.3 Å². The summed E-state index contributed by atoms with van der Waals surface area (Å²) in [4.78, 5) is 26.6. The van der Waals surface area contributed by atoms with Gasteiger partial charge in [0.15, 0.2) is 23.0 Å². The third kappa shape index (κ3) is 3.40. The van der Waals surface area contributed by atoms with E-state index in [0.29, 0.717) is 35.3 Å². The smallest absolute Gasteiger partial charge is 0.316 e. The fourth-order valence-corrected chi connectivity index (χ4v) is 3.17. The van der Waals surface area contributed by atoms with E-state index in [-0.39, 0.29) is 25.7 Å². The normalized spacial score (nSPS) is 17.9. The van der Waals surface area contributed by atoms with E-state index in [4.69, 9.17) is 18.9 Å². The van der Waals surface area contributed by atoms with Gasteiger partial charge < -0.3 is 23.8 Å². The van der Waals surface area contributed by atoms with Crippen LogP contribution in [-0.2, 0) is 9.59 Å². The zero-order valence-corrected chi connectivity index (χ0v) is 14.8. The van der Waals surface area contributed by atoms with Crippen molar-refractivity contribution in [1.29, 1.82) is 0 Å². The summed E-state index contributed by atoms with van der Waals surface area (Å²) in [6, 6.07) is 12.3. The van der Waals surface area contributed by atoms with Crippen molar-refractivity contribution in [3.63, 3.8) is 0 Å². The molecule has 2 aromatic carbocycles. The van der Waals surface area contributed by atoms with Gasteiger partial charge in [-0.1, -0.05) is 12.1 Å². The van der Waals surface area contributed by atoms with Crippen LogP contribution in [0.4, 0.5) is 5.69 Å². The summed E-state index contributed by atoms with van der Waals surface area (Å²) in [6.45, 7) is 2.75. The zero-order chi connectivity index (χ0) is 18.8. The first kappa shape index (κ1) is 17.2. The van der Waals surface area contributed by atoms with Crippen LogP contribution < -0.4 is 23.8 Å².